The summed E-state index contributed by atoms with van der Waals surface area (Å²) in [6.07, 6.45) is 4.56. The van der Waals surface area contributed by atoms with Crippen molar-refractivity contribution >= 4 is 11.0 Å². The van der Waals surface area contributed by atoms with E-state index < -0.39 is 0 Å². The van der Waals surface area contributed by atoms with Crippen LogP contribution in [0.25, 0.3) is 11.0 Å². The lowest BCUT2D eigenvalue weighted by Crippen LogP contribution is -2.27. The molecule has 3 rings (SSSR count). The number of nitrogens with two attached hydrogens (primary N) is 1. The summed E-state index contributed by atoms with van der Waals surface area (Å²) in [5.74, 6) is 0. The van der Waals surface area contributed by atoms with E-state index in [9.17, 15) is 0 Å². The molecule has 1 aromatic heterocycles. The fraction of sp³-hybridized carbons (Fsp3) is 0.500. The second-order valence-electron chi connectivity index (χ2n) is 5.67. The molecule has 0 radical (unpaired) electrons. The predicted octanol–water partition coefficient (Wildman–Crippen LogP) is 2.61. The molecule has 1 aromatic carbocycles. The first-order valence-electron chi connectivity index (χ1n) is 6.29. The summed E-state index contributed by atoms with van der Waals surface area (Å²) in [4.78, 5) is 4.51. The minimum absolute atomic E-state index is 0.0253. The van der Waals surface area contributed by atoms with Crippen molar-refractivity contribution in [2.75, 3.05) is 6.54 Å². The van der Waals surface area contributed by atoms with Gasteiger partial charge in [-0.1, -0.05) is 19.9 Å². The van der Waals surface area contributed by atoms with Gasteiger partial charge in [0.2, 0.25) is 0 Å². The average Bonchev–Trinajstić information content (AvgIpc) is 3.08. The van der Waals surface area contributed by atoms with Gasteiger partial charge in [-0.05, 0) is 30.5 Å². The highest BCUT2D eigenvalue weighted by atomic mass is 15.1. The molecular weight excluding hydrogens is 210 g/mol. The third kappa shape index (κ3) is 1.75. The molecule has 17 heavy (non-hydrogen) atoms. The van der Waals surface area contributed by atoms with Crippen LogP contribution in [-0.4, -0.2) is 16.1 Å². The second-order valence-corrected chi connectivity index (χ2v) is 5.67. The Morgan fingerprint density at radius 3 is 2.82 bits per heavy atom. The van der Waals surface area contributed by atoms with E-state index in [2.05, 4.69) is 41.6 Å². The van der Waals surface area contributed by atoms with E-state index in [4.69, 9.17) is 5.73 Å². The highest BCUT2D eigenvalue weighted by Gasteiger charge is 2.25. The average molecular weight is 229 g/mol. The first-order valence-corrected chi connectivity index (χ1v) is 6.29. The molecule has 1 aliphatic carbocycles. The van der Waals surface area contributed by atoms with E-state index in [-0.39, 0.29) is 5.41 Å². The van der Waals surface area contributed by atoms with Gasteiger partial charge in [0.25, 0.3) is 0 Å². The van der Waals surface area contributed by atoms with E-state index in [1.165, 1.54) is 23.9 Å². The first-order chi connectivity index (χ1) is 8.12. The number of fused-ring (bicyclic) bond motifs is 1. The monoisotopic (exact) mass is 229 g/mol. The van der Waals surface area contributed by atoms with Crippen LogP contribution in [0.1, 0.15) is 38.3 Å². The van der Waals surface area contributed by atoms with E-state index in [1.807, 2.05) is 6.33 Å². The molecule has 0 spiro atoms. The Morgan fingerprint density at radius 2 is 2.18 bits per heavy atom. The Morgan fingerprint density at radius 1 is 1.41 bits per heavy atom. The number of aromatic nitrogens is 2. The number of imidazole rings is 1. The molecule has 0 amide bonds. The molecule has 0 bridgehead atoms. The lowest BCUT2D eigenvalue weighted by atomic mass is 9.85. The molecule has 1 saturated carbocycles. The molecule has 1 aliphatic rings. The SMILES string of the molecule is CC(C)(CN)c1ccc2c(c1)ncn2C1CC1. The van der Waals surface area contributed by atoms with Crippen LogP contribution in [0.2, 0.25) is 0 Å². The quantitative estimate of drug-likeness (QED) is 0.879. The molecule has 3 heteroatoms. The molecule has 1 heterocycles. The summed E-state index contributed by atoms with van der Waals surface area (Å²) in [6.45, 7) is 5.00. The highest BCUT2D eigenvalue weighted by Crippen LogP contribution is 2.37. The van der Waals surface area contributed by atoms with Crippen molar-refractivity contribution in [3.05, 3.63) is 30.1 Å². The van der Waals surface area contributed by atoms with Gasteiger partial charge in [-0.15, -0.1) is 0 Å². The molecule has 3 nitrogen and oxygen atoms in total. The molecule has 0 atom stereocenters. The third-order valence-corrected chi connectivity index (χ3v) is 3.81. The van der Waals surface area contributed by atoms with Crippen LogP contribution in [0.3, 0.4) is 0 Å². The number of hydrogen-bond donors (Lipinski definition) is 1. The molecule has 2 aromatic rings. The standard InChI is InChI=1S/C14H19N3/c1-14(2,8-15)10-3-6-13-12(7-10)16-9-17(13)11-4-5-11/h3,6-7,9,11H,4-5,8,15H2,1-2H3. The largest absolute Gasteiger partial charge is 0.330 e. The molecule has 0 saturated heterocycles. The van der Waals surface area contributed by atoms with Gasteiger partial charge in [-0.3, -0.25) is 0 Å². The van der Waals surface area contributed by atoms with Gasteiger partial charge < -0.3 is 10.3 Å². The lowest BCUT2D eigenvalue weighted by molar-refractivity contribution is 0.539. The molecule has 1 fully saturated rings. The minimum Gasteiger partial charge on any atom is -0.330 e. The first kappa shape index (κ1) is 10.8. The predicted molar refractivity (Wildman–Crippen MR) is 70.1 cm³/mol. The van der Waals surface area contributed by atoms with Gasteiger partial charge in [-0.2, -0.15) is 0 Å². The van der Waals surface area contributed by atoms with E-state index in [0.29, 0.717) is 12.6 Å². The van der Waals surface area contributed by atoms with Crippen molar-refractivity contribution in [1.29, 1.82) is 0 Å². The summed E-state index contributed by atoms with van der Waals surface area (Å²) in [6, 6.07) is 7.25. The Bertz CT molecular complexity index is 550. The van der Waals surface area contributed by atoms with Crippen molar-refractivity contribution in [2.45, 2.75) is 38.1 Å². The third-order valence-electron chi connectivity index (χ3n) is 3.81. The Hall–Kier alpha value is -1.35. The van der Waals surface area contributed by atoms with Crippen LogP contribution in [0.15, 0.2) is 24.5 Å². The summed E-state index contributed by atoms with van der Waals surface area (Å²) >= 11 is 0. The van der Waals surface area contributed by atoms with Gasteiger partial charge in [0.15, 0.2) is 0 Å². The van der Waals surface area contributed by atoms with Crippen molar-refractivity contribution < 1.29 is 0 Å². The summed E-state index contributed by atoms with van der Waals surface area (Å²) in [5, 5.41) is 0. The lowest BCUT2D eigenvalue weighted by Gasteiger charge is -2.22. The fourth-order valence-corrected chi connectivity index (χ4v) is 2.21. The zero-order chi connectivity index (χ0) is 12.0. The topological polar surface area (TPSA) is 43.8 Å². The summed E-state index contributed by atoms with van der Waals surface area (Å²) in [5.41, 5.74) is 9.46. The smallest absolute Gasteiger partial charge is 0.0960 e. The van der Waals surface area contributed by atoms with E-state index >= 15 is 0 Å². The van der Waals surface area contributed by atoms with Gasteiger partial charge in [0, 0.05) is 18.0 Å². The minimum atomic E-state index is 0.0253. The van der Waals surface area contributed by atoms with Crippen LogP contribution in [0.5, 0.6) is 0 Å². The van der Waals surface area contributed by atoms with Crippen molar-refractivity contribution in [2.24, 2.45) is 5.73 Å². The summed E-state index contributed by atoms with van der Waals surface area (Å²) in [7, 11) is 0. The van der Waals surface area contributed by atoms with Gasteiger partial charge in [0.1, 0.15) is 0 Å². The van der Waals surface area contributed by atoms with Crippen LogP contribution < -0.4 is 5.73 Å². The van der Waals surface area contributed by atoms with Crippen molar-refractivity contribution in [3.8, 4) is 0 Å². The fourth-order valence-electron chi connectivity index (χ4n) is 2.21. The Kier molecular flexibility index (Phi) is 2.26. The number of benzene rings is 1. The maximum atomic E-state index is 5.82. The zero-order valence-corrected chi connectivity index (χ0v) is 10.5. The summed E-state index contributed by atoms with van der Waals surface area (Å²) < 4.78 is 2.30. The van der Waals surface area contributed by atoms with Crippen molar-refractivity contribution in [3.63, 3.8) is 0 Å². The van der Waals surface area contributed by atoms with E-state index in [1.54, 1.807) is 0 Å². The van der Waals surface area contributed by atoms with Gasteiger partial charge >= 0.3 is 0 Å². The van der Waals surface area contributed by atoms with Crippen LogP contribution in [-0.2, 0) is 5.41 Å². The normalized spacial score (nSPS) is 16.6. The Balaban J connectivity index is 2.08. The maximum absolute atomic E-state index is 5.82. The number of hydrogen-bond acceptors (Lipinski definition) is 2. The van der Waals surface area contributed by atoms with Gasteiger partial charge in [0.05, 0.1) is 17.4 Å². The number of rotatable bonds is 3. The van der Waals surface area contributed by atoms with Crippen LogP contribution >= 0.6 is 0 Å². The highest BCUT2D eigenvalue weighted by molar-refractivity contribution is 5.76. The van der Waals surface area contributed by atoms with Crippen molar-refractivity contribution in [1.82, 2.24) is 9.55 Å². The number of nitrogens with zero attached hydrogens (tertiary/aromatic N) is 2. The van der Waals surface area contributed by atoms with Crippen LogP contribution in [0, 0.1) is 0 Å². The van der Waals surface area contributed by atoms with Crippen LogP contribution in [0.4, 0.5) is 0 Å². The molecule has 2 N–H and O–H groups in total. The molecule has 0 unspecified atom stereocenters. The van der Waals surface area contributed by atoms with Gasteiger partial charge in [-0.25, -0.2) is 4.98 Å². The molecule has 90 valence electrons. The second kappa shape index (κ2) is 3.57. The maximum Gasteiger partial charge on any atom is 0.0960 e. The van der Waals surface area contributed by atoms with E-state index in [0.717, 1.165) is 5.52 Å². The molecule has 0 aliphatic heterocycles. The Labute approximate surface area is 102 Å². The zero-order valence-electron chi connectivity index (χ0n) is 10.5. The molecular formula is C14H19N3.